The van der Waals surface area contributed by atoms with E-state index in [2.05, 4.69) is 10.6 Å². The van der Waals surface area contributed by atoms with Crippen molar-refractivity contribution < 1.29 is 4.79 Å². The molecule has 0 bridgehead atoms. The third-order valence-corrected chi connectivity index (χ3v) is 3.04. The molecule has 0 radical (unpaired) electrons. The summed E-state index contributed by atoms with van der Waals surface area (Å²) in [7, 11) is 0. The highest BCUT2D eigenvalue weighted by atomic mass is 35.5. The van der Waals surface area contributed by atoms with Gasteiger partial charge in [-0.1, -0.05) is 18.5 Å². The van der Waals surface area contributed by atoms with Crippen molar-refractivity contribution in [3.63, 3.8) is 0 Å². The fourth-order valence-corrected chi connectivity index (χ4v) is 1.55. The molecular weight excluding hydrogens is 276 g/mol. The molecule has 1 amide bonds. The van der Waals surface area contributed by atoms with Gasteiger partial charge in [0, 0.05) is 17.9 Å². The predicted molar refractivity (Wildman–Crippen MR) is 81.1 cm³/mol. The van der Waals surface area contributed by atoms with E-state index in [1.807, 2.05) is 19.9 Å². The molecule has 0 fully saturated rings. The van der Waals surface area contributed by atoms with Crippen molar-refractivity contribution >= 4 is 28.9 Å². The molecule has 0 aromatic heterocycles. The van der Waals surface area contributed by atoms with E-state index in [1.54, 1.807) is 12.1 Å². The minimum Gasteiger partial charge on any atom is -0.399 e. The number of nitrogens with two attached hydrogens (primary N) is 1. The first-order valence-electron chi connectivity index (χ1n) is 6.20. The lowest BCUT2D eigenvalue weighted by Gasteiger charge is -2.10. The summed E-state index contributed by atoms with van der Waals surface area (Å²) in [5.41, 5.74) is 6.47. The van der Waals surface area contributed by atoms with Crippen molar-refractivity contribution in [3.05, 3.63) is 35.0 Å². The molecule has 0 saturated carbocycles. The first-order valence-corrected chi connectivity index (χ1v) is 6.58. The van der Waals surface area contributed by atoms with Crippen molar-refractivity contribution in [2.45, 2.75) is 26.3 Å². The van der Waals surface area contributed by atoms with Crippen LogP contribution in [-0.2, 0) is 4.79 Å². The van der Waals surface area contributed by atoms with E-state index in [9.17, 15) is 4.79 Å². The molecule has 1 atom stereocenters. The van der Waals surface area contributed by atoms with Crippen LogP contribution in [0.5, 0.6) is 0 Å². The Kier molecular flexibility index (Phi) is 5.88. The fraction of sp³-hybridized carbons (Fsp3) is 0.286. The number of nitriles is 1. The average molecular weight is 293 g/mol. The van der Waals surface area contributed by atoms with Crippen molar-refractivity contribution in [2.24, 2.45) is 0 Å². The molecule has 0 aliphatic heterocycles. The van der Waals surface area contributed by atoms with E-state index >= 15 is 0 Å². The Morgan fingerprint density at radius 1 is 1.60 bits per heavy atom. The topological polar surface area (TPSA) is 90.9 Å². The van der Waals surface area contributed by atoms with Gasteiger partial charge < -0.3 is 16.4 Å². The highest BCUT2D eigenvalue weighted by Crippen LogP contribution is 2.24. The van der Waals surface area contributed by atoms with Gasteiger partial charge in [0.05, 0.1) is 10.7 Å². The lowest BCUT2D eigenvalue weighted by Crippen LogP contribution is -2.22. The first kappa shape index (κ1) is 15.9. The molecule has 5 nitrogen and oxygen atoms in total. The standard InChI is InChI=1S/C14H17ClN4O/c1-3-9(2)18-8-10(7-16)14(20)19-13-5-4-11(17)6-12(13)15/h4-6,8-9,18H,3,17H2,1-2H3,(H,19,20)/b10-8-. The summed E-state index contributed by atoms with van der Waals surface area (Å²) in [4.78, 5) is 11.9. The summed E-state index contributed by atoms with van der Waals surface area (Å²) >= 11 is 5.96. The Labute approximate surface area is 123 Å². The number of nitrogens with zero attached hydrogens (tertiary/aromatic N) is 1. The average Bonchev–Trinajstić information content (AvgIpc) is 2.42. The molecule has 1 aromatic rings. The van der Waals surface area contributed by atoms with Gasteiger partial charge in [0.15, 0.2) is 0 Å². The van der Waals surface area contributed by atoms with Crippen molar-refractivity contribution in [1.82, 2.24) is 5.32 Å². The Morgan fingerprint density at radius 2 is 2.30 bits per heavy atom. The molecule has 0 spiro atoms. The SMILES string of the molecule is CCC(C)N/C=C(/C#N)C(=O)Nc1ccc(N)cc1Cl. The smallest absolute Gasteiger partial charge is 0.267 e. The molecule has 106 valence electrons. The Bertz CT molecular complexity index is 563. The third-order valence-electron chi connectivity index (χ3n) is 2.73. The summed E-state index contributed by atoms with van der Waals surface area (Å²) in [5, 5.41) is 14.9. The maximum Gasteiger partial charge on any atom is 0.267 e. The molecule has 1 rings (SSSR count). The van der Waals surface area contributed by atoms with E-state index in [1.165, 1.54) is 12.3 Å². The van der Waals surface area contributed by atoms with Crippen molar-refractivity contribution in [2.75, 3.05) is 11.1 Å². The maximum atomic E-state index is 11.9. The van der Waals surface area contributed by atoms with Crippen LogP contribution in [-0.4, -0.2) is 11.9 Å². The van der Waals surface area contributed by atoms with Crippen LogP contribution in [0, 0.1) is 11.3 Å². The summed E-state index contributed by atoms with van der Waals surface area (Å²) in [6.07, 6.45) is 2.30. The largest absolute Gasteiger partial charge is 0.399 e. The Balaban J connectivity index is 2.80. The van der Waals surface area contributed by atoms with Crippen LogP contribution in [0.2, 0.25) is 5.02 Å². The van der Waals surface area contributed by atoms with Gasteiger partial charge in [-0.05, 0) is 31.5 Å². The summed E-state index contributed by atoms with van der Waals surface area (Å²) in [5.74, 6) is -0.519. The number of carbonyl (C=O) groups excluding carboxylic acids is 1. The van der Waals surface area contributed by atoms with E-state index in [-0.39, 0.29) is 11.6 Å². The molecule has 20 heavy (non-hydrogen) atoms. The second-order valence-electron chi connectivity index (χ2n) is 4.34. The Hall–Kier alpha value is -2.19. The molecule has 0 heterocycles. The normalized spacial score (nSPS) is 12.4. The zero-order valence-electron chi connectivity index (χ0n) is 11.4. The van der Waals surface area contributed by atoms with Crippen LogP contribution in [0.3, 0.4) is 0 Å². The van der Waals surface area contributed by atoms with Gasteiger partial charge >= 0.3 is 0 Å². The summed E-state index contributed by atoms with van der Waals surface area (Å²) in [6.45, 7) is 3.96. The van der Waals surface area contributed by atoms with Gasteiger partial charge in [0.1, 0.15) is 11.6 Å². The highest BCUT2D eigenvalue weighted by Gasteiger charge is 2.11. The van der Waals surface area contributed by atoms with Crippen molar-refractivity contribution in [3.8, 4) is 6.07 Å². The fourth-order valence-electron chi connectivity index (χ4n) is 1.31. The minimum absolute atomic E-state index is 0.0156. The number of hydrogen-bond acceptors (Lipinski definition) is 4. The predicted octanol–water partition coefficient (Wildman–Crippen LogP) is 2.66. The number of rotatable bonds is 5. The summed E-state index contributed by atoms with van der Waals surface area (Å²) in [6, 6.07) is 6.78. The molecule has 0 saturated heterocycles. The lowest BCUT2D eigenvalue weighted by atomic mass is 10.2. The highest BCUT2D eigenvalue weighted by molar-refractivity contribution is 6.34. The molecule has 4 N–H and O–H groups in total. The molecular formula is C14H17ClN4O. The number of benzene rings is 1. The quantitative estimate of drug-likeness (QED) is 0.442. The second-order valence-corrected chi connectivity index (χ2v) is 4.75. The van der Waals surface area contributed by atoms with Gasteiger partial charge in [-0.15, -0.1) is 0 Å². The summed E-state index contributed by atoms with van der Waals surface area (Å²) < 4.78 is 0. The zero-order valence-corrected chi connectivity index (χ0v) is 12.2. The van der Waals surface area contributed by atoms with E-state index in [0.717, 1.165) is 6.42 Å². The second kappa shape index (κ2) is 7.41. The molecule has 1 aromatic carbocycles. The van der Waals surface area contributed by atoms with Crippen molar-refractivity contribution in [1.29, 1.82) is 5.26 Å². The zero-order chi connectivity index (χ0) is 15.1. The number of nitrogens with one attached hydrogen (secondary N) is 2. The minimum atomic E-state index is -0.519. The van der Waals surface area contributed by atoms with Crippen LogP contribution in [0.25, 0.3) is 0 Å². The third kappa shape index (κ3) is 4.48. The van der Waals surface area contributed by atoms with Gasteiger partial charge in [-0.3, -0.25) is 4.79 Å². The molecule has 0 aliphatic carbocycles. The molecule has 0 aliphatic rings. The van der Waals surface area contributed by atoms with Gasteiger partial charge in [0.2, 0.25) is 0 Å². The number of hydrogen-bond donors (Lipinski definition) is 3. The van der Waals surface area contributed by atoms with Crippen LogP contribution in [0.15, 0.2) is 30.0 Å². The van der Waals surface area contributed by atoms with Gasteiger partial charge in [0.25, 0.3) is 5.91 Å². The molecule has 1 unspecified atom stereocenters. The lowest BCUT2D eigenvalue weighted by molar-refractivity contribution is -0.112. The van der Waals surface area contributed by atoms with E-state index in [4.69, 9.17) is 22.6 Å². The van der Waals surface area contributed by atoms with Crippen LogP contribution in [0.4, 0.5) is 11.4 Å². The number of carbonyl (C=O) groups is 1. The Morgan fingerprint density at radius 3 is 2.85 bits per heavy atom. The van der Waals surface area contributed by atoms with Crippen LogP contribution >= 0.6 is 11.6 Å². The maximum absolute atomic E-state index is 11.9. The first-order chi connectivity index (χ1) is 9.47. The molecule has 6 heteroatoms. The monoisotopic (exact) mass is 292 g/mol. The number of amides is 1. The van der Waals surface area contributed by atoms with E-state index < -0.39 is 5.91 Å². The van der Waals surface area contributed by atoms with Crippen LogP contribution in [0.1, 0.15) is 20.3 Å². The number of halogens is 1. The number of anilines is 2. The number of nitrogen functional groups attached to an aromatic ring is 1. The van der Waals surface area contributed by atoms with Gasteiger partial charge in [-0.2, -0.15) is 5.26 Å². The van der Waals surface area contributed by atoms with Gasteiger partial charge in [-0.25, -0.2) is 0 Å². The van der Waals surface area contributed by atoms with Crippen LogP contribution < -0.4 is 16.4 Å². The van der Waals surface area contributed by atoms with E-state index in [0.29, 0.717) is 16.4 Å².